The summed E-state index contributed by atoms with van der Waals surface area (Å²) in [6, 6.07) is 7.60. The fraction of sp³-hybridized carbons (Fsp3) is 0.500. The van der Waals surface area contributed by atoms with Gasteiger partial charge >= 0.3 is 6.03 Å². The second kappa shape index (κ2) is 5.87. The molecular formula is C14H22N2O2. The number of aliphatic hydroxyl groups excluding tert-OH is 1. The fourth-order valence-corrected chi connectivity index (χ4v) is 1.52. The number of likely N-dealkylation sites (N-methyl/N-ethyl adjacent to an activating group) is 1. The Balaban J connectivity index is 2.67. The molecule has 1 rings (SSSR count). The summed E-state index contributed by atoms with van der Waals surface area (Å²) in [6.45, 7) is 6.74. The number of aliphatic hydroxyl groups is 1. The van der Waals surface area contributed by atoms with Crippen molar-refractivity contribution in [1.82, 2.24) is 4.90 Å². The van der Waals surface area contributed by atoms with E-state index in [2.05, 4.69) is 26.1 Å². The first-order chi connectivity index (χ1) is 8.34. The van der Waals surface area contributed by atoms with Crippen molar-refractivity contribution in [3.8, 4) is 0 Å². The molecule has 0 spiro atoms. The molecule has 0 bridgehead atoms. The van der Waals surface area contributed by atoms with Crippen LogP contribution in [-0.2, 0) is 5.41 Å². The lowest BCUT2D eigenvalue weighted by Gasteiger charge is -2.20. The summed E-state index contributed by atoms with van der Waals surface area (Å²) in [5.41, 5.74) is 2.10. The first-order valence-corrected chi connectivity index (χ1v) is 6.08. The zero-order chi connectivity index (χ0) is 13.8. The minimum Gasteiger partial charge on any atom is -0.395 e. The zero-order valence-electron chi connectivity index (χ0n) is 11.5. The van der Waals surface area contributed by atoms with Crippen molar-refractivity contribution in [2.45, 2.75) is 26.2 Å². The molecule has 0 aliphatic heterocycles. The van der Waals surface area contributed by atoms with Crippen LogP contribution in [0.1, 0.15) is 26.3 Å². The van der Waals surface area contributed by atoms with E-state index < -0.39 is 0 Å². The van der Waals surface area contributed by atoms with Crippen molar-refractivity contribution < 1.29 is 9.90 Å². The summed E-state index contributed by atoms with van der Waals surface area (Å²) in [5, 5.41) is 11.5. The van der Waals surface area contributed by atoms with Crippen LogP contribution in [0.15, 0.2) is 24.3 Å². The van der Waals surface area contributed by atoms with Crippen molar-refractivity contribution in [1.29, 1.82) is 0 Å². The van der Waals surface area contributed by atoms with Crippen LogP contribution in [-0.4, -0.2) is 36.2 Å². The van der Waals surface area contributed by atoms with Gasteiger partial charge in [0.1, 0.15) is 0 Å². The minimum absolute atomic E-state index is 0.0348. The van der Waals surface area contributed by atoms with E-state index >= 15 is 0 Å². The number of nitrogens with zero attached hydrogens (tertiary/aromatic N) is 1. The summed E-state index contributed by atoms with van der Waals surface area (Å²) in [7, 11) is 1.65. The van der Waals surface area contributed by atoms with Gasteiger partial charge in [-0.15, -0.1) is 0 Å². The number of rotatable bonds is 3. The number of anilines is 1. The predicted molar refractivity (Wildman–Crippen MR) is 73.9 cm³/mol. The molecule has 0 aliphatic carbocycles. The molecule has 0 aromatic heterocycles. The van der Waals surface area contributed by atoms with Crippen LogP contribution < -0.4 is 5.32 Å². The maximum atomic E-state index is 11.7. The average Bonchev–Trinajstić information content (AvgIpc) is 2.28. The predicted octanol–water partition coefficient (Wildman–Crippen LogP) is 2.44. The highest BCUT2D eigenvalue weighted by atomic mass is 16.3. The number of nitrogens with one attached hydrogen (secondary N) is 1. The van der Waals surface area contributed by atoms with Crippen LogP contribution in [0.25, 0.3) is 0 Å². The lowest BCUT2D eigenvalue weighted by molar-refractivity contribution is 0.202. The Bertz CT molecular complexity index is 393. The number of hydrogen-bond donors (Lipinski definition) is 2. The van der Waals surface area contributed by atoms with Gasteiger partial charge in [0.05, 0.1) is 6.61 Å². The van der Waals surface area contributed by atoms with Crippen LogP contribution in [0, 0.1) is 0 Å². The monoisotopic (exact) mass is 250 g/mol. The van der Waals surface area contributed by atoms with Crippen molar-refractivity contribution in [3.63, 3.8) is 0 Å². The second-order valence-corrected chi connectivity index (χ2v) is 5.40. The fourth-order valence-electron chi connectivity index (χ4n) is 1.52. The Morgan fingerprint density at radius 3 is 2.28 bits per heavy atom. The van der Waals surface area contributed by atoms with E-state index in [0.717, 1.165) is 5.69 Å². The summed E-state index contributed by atoms with van der Waals surface area (Å²) in [5.74, 6) is 0. The molecule has 0 atom stereocenters. The molecule has 0 saturated carbocycles. The largest absolute Gasteiger partial charge is 0.395 e. The molecule has 4 nitrogen and oxygen atoms in total. The van der Waals surface area contributed by atoms with Crippen molar-refractivity contribution in [3.05, 3.63) is 29.8 Å². The summed E-state index contributed by atoms with van der Waals surface area (Å²) < 4.78 is 0. The molecule has 1 aromatic carbocycles. The third-order valence-electron chi connectivity index (χ3n) is 2.78. The van der Waals surface area contributed by atoms with E-state index in [-0.39, 0.29) is 18.1 Å². The van der Waals surface area contributed by atoms with Gasteiger partial charge in [-0.2, -0.15) is 0 Å². The summed E-state index contributed by atoms with van der Waals surface area (Å²) in [6.07, 6.45) is 0. The van der Waals surface area contributed by atoms with Crippen LogP contribution >= 0.6 is 0 Å². The number of carbonyl (C=O) groups is 1. The van der Waals surface area contributed by atoms with Crippen LogP contribution in [0.2, 0.25) is 0 Å². The molecule has 0 aliphatic rings. The van der Waals surface area contributed by atoms with Crippen molar-refractivity contribution in [2.75, 3.05) is 25.5 Å². The highest BCUT2D eigenvalue weighted by Gasteiger charge is 2.13. The molecule has 100 valence electrons. The number of benzene rings is 1. The Morgan fingerprint density at radius 2 is 1.83 bits per heavy atom. The van der Waals surface area contributed by atoms with Gasteiger partial charge in [0, 0.05) is 19.3 Å². The van der Waals surface area contributed by atoms with Gasteiger partial charge in [-0.05, 0) is 23.1 Å². The first-order valence-electron chi connectivity index (χ1n) is 6.08. The van der Waals surface area contributed by atoms with E-state index in [9.17, 15) is 4.79 Å². The number of urea groups is 1. The Morgan fingerprint density at radius 1 is 1.28 bits per heavy atom. The van der Waals surface area contributed by atoms with E-state index in [0.29, 0.717) is 6.54 Å². The molecule has 0 heterocycles. The van der Waals surface area contributed by atoms with E-state index in [1.54, 1.807) is 7.05 Å². The molecule has 1 aromatic rings. The number of amides is 2. The SMILES string of the molecule is CN(CCO)C(=O)Nc1ccc(C(C)(C)C)cc1. The van der Waals surface area contributed by atoms with Gasteiger partial charge in [0.15, 0.2) is 0 Å². The third-order valence-corrected chi connectivity index (χ3v) is 2.78. The Labute approximate surface area is 109 Å². The maximum absolute atomic E-state index is 11.7. The lowest BCUT2D eigenvalue weighted by atomic mass is 9.87. The molecule has 2 amide bonds. The van der Waals surface area contributed by atoms with Gasteiger partial charge in [0.2, 0.25) is 0 Å². The standard InChI is InChI=1S/C14H22N2O2/c1-14(2,3)11-5-7-12(8-6-11)15-13(18)16(4)9-10-17/h5-8,17H,9-10H2,1-4H3,(H,15,18). The van der Waals surface area contributed by atoms with Crippen LogP contribution in [0.3, 0.4) is 0 Å². The van der Waals surface area contributed by atoms with E-state index in [1.165, 1.54) is 10.5 Å². The molecule has 4 heteroatoms. The average molecular weight is 250 g/mol. The minimum atomic E-state index is -0.215. The molecule has 18 heavy (non-hydrogen) atoms. The number of carbonyl (C=O) groups excluding carboxylic acids is 1. The zero-order valence-corrected chi connectivity index (χ0v) is 11.5. The van der Waals surface area contributed by atoms with Crippen LogP contribution in [0.4, 0.5) is 10.5 Å². The van der Waals surface area contributed by atoms with Crippen molar-refractivity contribution >= 4 is 11.7 Å². The van der Waals surface area contributed by atoms with Gasteiger partial charge in [-0.1, -0.05) is 32.9 Å². The van der Waals surface area contributed by atoms with Gasteiger partial charge in [-0.3, -0.25) is 0 Å². The molecule has 0 unspecified atom stereocenters. The molecule has 0 radical (unpaired) electrons. The smallest absolute Gasteiger partial charge is 0.321 e. The maximum Gasteiger partial charge on any atom is 0.321 e. The van der Waals surface area contributed by atoms with E-state index in [4.69, 9.17) is 5.11 Å². The molecule has 2 N–H and O–H groups in total. The summed E-state index contributed by atoms with van der Waals surface area (Å²) >= 11 is 0. The van der Waals surface area contributed by atoms with E-state index in [1.807, 2.05) is 24.3 Å². The topological polar surface area (TPSA) is 52.6 Å². The quantitative estimate of drug-likeness (QED) is 0.865. The highest BCUT2D eigenvalue weighted by molar-refractivity contribution is 5.89. The van der Waals surface area contributed by atoms with Crippen LogP contribution in [0.5, 0.6) is 0 Å². The Kier molecular flexibility index (Phi) is 4.73. The molecule has 0 fully saturated rings. The lowest BCUT2D eigenvalue weighted by Crippen LogP contribution is -2.33. The first kappa shape index (κ1) is 14.5. The Hall–Kier alpha value is -1.55. The van der Waals surface area contributed by atoms with Gasteiger partial charge in [-0.25, -0.2) is 4.79 Å². The molecular weight excluding hydrogens is 228 g/mol. The number of hydrogen-bond acceptors (Lipinski definition) is 2. The third kappa shape index (κ3) is 4.04. The molecule has 0 saturated heterocycles. The normalized spacial score (nSPS) is 11.2. The summed E-state index contributed by atoms with van der Waals surface area (Å²) in [4.78, 5) is 13.1. The van der Waals surface area contributed by atoms with Crippen molar-refractivity contribution in [2.24, 2.45) is 0 Å². The van der Waals surface area contributed by atoms with Gasteiger partial charge < -0.3 is 15.3 Å². The van der Waals surface area contributed by atoms with Gasteiger partial charge in [0.25, 0.3) is 0 Å². The highest BCUT2D eigenvalue weighted by Crippen LogP contribution is 2.23. The second-order valence-electron chi connectivity index (χ2n) is 5.40.